The number of hydrogen-bond donors (Lipinski definition) is 3. The van der Waals surface area contributed by atoms with Crippen molar-refractivity contribution in [2.45, 2.75) is 70.9 Å². The zero-order valence-corrected chi connectivity index (χ0v) is 20.5. The number of aromatic nitrogens is 2. The third kappa shape index (κ3) is 5.76. The number of aromatic amines is 1. The topological polar surface area (TPSA) is 114 Å². The minimum Gasteiger partial charge on any atom is -0.358 e. The van der Waals surface area contributed by atoms with Gasteiger partial charge in [-0.1, -0.05) is 45.7 Å². The van der Waals surface area contributed by atoms with Gasteiger partial charge in [-0.2, -0.15) is 10.2 Å². The molecule has 34 heavy (non-hydrogen) atoms. The SMILES string of the molecule is CC(C)(C)CC(Nc1nc(=O)[nH]c2ccccc12)C(=O)NC1(C#N)CCN(CC2CCCC2)C1. The van der Waals surface area contributed by atoms with Crippen LogP contribution in [0.25, 0.3) is 10.9 Å². The lowest BCUT2D eigenvalue weighted by Crippen LogP contribution is -2.54. The van der Waals surface area contributed by atoms with Gasteiger partial charge < -0.3 is 15.6 Å². The first-order valence-corrected chi connectivity index (χ1v) is 12.4. The highest BCUT2D eigenvalue weighted by Gasteiger charge is 2.42. The third-order valence-electron chi connectivity index (χ3n) is 7.00. The maximum absolute atomic E-state index is 13.6. The number of likely N-dealkylation sites (tertiary alicyclic amines) is 1. The minimum atomic E-state index is -0.892. The van der Waals surface area contributed by atoms with E-state index in [1.54, 1.807) is 0 Å². The Morgan fingerprint density at radius 3 is 2.76 bits per heavy atom. The van der Waals surface area contributed by atoms with Crippen molar-refractivity contribution in [2.75, 3.05) is 25.0 Å². The molecule has 1 aliphatic carbocycles. The second kappa shape index (κ2) is 9.75. The van der Waals surface area contributed by atoms with Gasteiger partial charge in [-0.25, -0.2) is 4.79 Å². The van der Waals surface area contributed by atoms with Crippen LogP contribution in [0, 0.1) is 22.7 Å². The molecule has 0 radical (unpaired) electrons. The van der Waals surface area contributed by atoms with Crippen LogP contribution >= 0.6 is 0 Å². The van der Waals surface area contributed by atoms with Gasteiger partial charge in [-0.15, -0.1) is 0 Å². The van der Waals surface area contributed by atoms with E-state index in [-0.39, 0.29) is 11.3 Å². The number of rotatable bonds is 7. The average Bonchev–Trinajstić information content (AvgIpc) is 3.43. The molecule has 0 spiro atoms. The number of carbonyl (C=O) groups is 1. The number of fused-ring (bicyclic) bond motifs is 1. The minimum absolute atomic E-state index is 0.157. The molecule has 2 aromatic rings. The first-order valence-electron chi connectivity index (χ1n) is 12.4. The second-order valence-corrected chi connectivity index (χ2v) is 11.2. The van der Waals surface area contributed by atoms with E-state index in [1.807, 2.05) is 24.3 Å². The quantitative estimate of drug-likeness (QED) is 0.579. The predicted octanol–water partition coefficient (Wildman–Crippen LogP) is 3.41. The third-order valence-corrected chi connectivity index (χ3v) is 7.00. The Labute approximate surface area is 201 Å². The Balaban J connectivity index is 1.53. The van der Waals surface area contributed by atoms with Crippen LogP contribution in [0.3, 0.4) is 0 Å². The normalized spacial score (nSPS) is 22.5. The lowest BCUT2D eigenvalue weighted by atomic mass is 9.87. The summed E-state index contributed by atoms with van der Waals surface area (Å²) >= 11 is 0. The molecule has 8 heteroatoms. The van der Waals surface area contributed by atoms with Crippen LogP contribution in [0.5, 0.6) is 0 Å². The Bertz CT molecular complexity index is 1120. The van der Waals surface area contributed by atoms with Crippen LogP contribution in [0.15, 0.2) is 29.1 Å². The lowest BCUT2D eigenvalue weighted by molar-refractivity contribution is -0.123. The van der Waals surface area contributed by atoms with E-state index >= 15 is 0 Å². The summed E-state index contributed by atoms with van der Waals surface area (Å²) in [6.07, 6.45) is 6.26. The molecule has 4 rings (SSSR count). The largest absolute Gasteiger partial charge is 0.358 e. The van der Waals surface area contributed by atoms with Gasteiger partial charge in [-0.05, 0) is 49.1 Å². The highest BCUT2D eigenvalue weighted by atomic mass is 16.2. The average molecular weight is 465 g/mol. The molecule has 1 aliphatic heterocycles. The number of hydrogen-bond acceptors (Lipinski definition) is 6. The second-order valence-electron chi connectivity index (χ2n) is 11.2. The van der Waals surface area contributed by atoms with E-state index in [0.717, 1.165) is 18.5 Å². The fraction of sp³-hybridized carbons (Fsp3) is 0.615. The van der Waals surface area contributed by atoms with Crippen molar-refractivity contribution in [2.24, 2.45) is 11.3 Å². The summed E-state index contributed by atoms with van der Waals surface area (Å²) in [5, 5.41) is 17.1. The summed E-state index contributed by atoms with van der Waals surface area (Å²) in [5.41, 5.74) is -0.859. The van der Waals surface area contributed by atoms with Crippen molar-refractivity contribution in [1.29, 1.82) is 5.26 Å². The fourth-order valence-electron chi connectivity index (χ4n) is 5.35. The Morgan fingerprint density at radius 2 is 2.06 bits per heavy atom. The Morgan fingerprint density at radius 1 is 1.32 bits per heavy atom. The number of para-hydroxylation sites is 1. The molecular weight excluding hydrogens is 428 g/mol. The van der Waals surface area contributed by atoms with Crippen LogP contribution in [-0.4, -0.2) is 52.0 Å². The molecule has 1 aromatic heterocycles. The zero-order valence-electron chi connectivity index (χ0n) is 20.5. The van der Waals surface area contributed by atoms with E-state index in [4.69, 9.17) is 0 Å². The lowest BCUT2D eigenvalue weighted by Gasteiger charge is -2.30. The summed E-state index contributed by atoms with van der Waals surface area (Å²) in [5.74, 6) is 0.852. The molecule has 1 saturated heterocycles. The molecule has 8 nitrogen and oxygen atoms in total. The van der Waals surface area contributed by atoms with Gasteiger partial charge in [0.25, 0.3) is 0 Å². The zero-order chi connectivity index (χ0) is 24.3. The number of anilines is 1. The first kappa shape index (κ1) is 24.2. The number of nitriles is 1. The highest BCUT2D eigenvalue weighted by Crippen LogP contribution is 2.30. The van der Waals surface area contributed by atoms with Gasteiger partial charge in [0, 0.05) is 25.0 Å². The maximum atomic E-state index is 13.6. The Hall–Kier alpha value is -2.92. The number of H-pyrrole nitrogens is 1. The molecule has 3 N–H and O–H groups in total. The van der Waals surface area contributed by atoms with Crippen molar-refractivity contribution in [3.63, 3.8) is 0 Å². The summed E-state index contributed by atoms with van der Waals surface area (Å²) in [4.78, 5) is 34.9. The molecule has 2 fully saturated rings. The molecule has 1 aromatic carbocycles. The number of carbonyl (C=O) groups excluding carboxylic acids is 1. The summed E-state index contributed by atoms with van der Waals surface area (Å²) in [7, 11) is 0. The van der Waals surface area contributed by atoms with E-state index < -0.39 is 17.3 Å². The molecule has 2 unspecified atom stereocenters. The monoisotopic (exact) mass is 464 g/mol. The summed E-state index contributed by atoms with van der Waals surface area (Å²) in [6.45, 7) is 8.58. The Kier molecular flexibility index (Phi) is 6.94. The van der Waals surface area contributed by atoms with E-state index in [9.17, 15) is 14.9 Å². The van der Waals surface area contributed by atoms with Crippen LogP contribution in [0.2, 0.25) is 0 Å². The van der Waals surface area contributed by atoms with Crippen LogP contribution in [0.1, 0.15) is 59.3 Å². The predicted molar refractivity (Wildman–Crippen MR) is 133 cm³/mol. The first-order chi connectivity index (χ1) is 16.2. The van der Waals surface area contributed by atoms with Crippen molar-refractivity contribution in [3.05, 3.63) is 34.7 Å². The molecule has 2 heterocycles. The fourth-order valence-corrected chi connectivity index (χ4v) is 5.35. The van der Waals surface area contributed by atoms with Crippen molar-refractivity contribution < 1.29 is 4.79 Å². The van der Waals surface area contributed by atoms with Crippen LogP contribution in [0.4, 0.5) is 5.82 Å². The number of benzene rings is 1. The standard InChI is InChI=1S/C26H36N6O2/c1-25(2,3)14-21(28-22-19-10-6-7-11-20(19)29-24(34)30-22)23(33)31-26(16-27)12-13-32(17-26)15-18-8-4-5-9-18/h6-7,10-11,18,21H,4-5,8-9,12-15,17H2,1-3H3,(H,31,33)(H2,28,29,30,34). The van der Waals surface area contributed by atoms with Gasteiger partial charge in [0.1, 0.15) is 17.4 Å². The number of nitrogens with zero attached hydrogens (tertiary/aromatic N) is 3. The molecular formula is C26H36N6O2. The smallest absolute Gasteiger partial charge is 0.347 e. The van der Waals surface area contributed by atoms with E-state index in [0.29, 0.717) is 36.6 Å². The number of nitrogens with one attached hydrogen (secondary N) is 3. The van der Waals surface area contributed by atoms with Gasteiger partial charge in [0.15, 0.2) is 0 Å². The van der Waals surface area contributed by atoms with Crippen LogP contribution < -0.4 is 16.3 Å². The van der Waals surface area contributed by atoms with Gasteiger partial charge >= 0.3 is 5.69 Å². The molecule has 0 bridgehead atoms. The maximum Gasteiger partial charge on any atom is 0.347 e. The van der Waals surface area contributed by atoms with Gasteiger partial charge in [0.2, 0.25) is 5.91 Å². The van der Waals surface area contributed by atoms with E-state index in [2.05, 4.69) is 52.3 Å². The summed E-state index contributed by atoms with van der Waals surface area (Å²) in [6, 6.07) is 9.16. The van der Waals surface area contributed by atoms with E-state index in [1.165, 1.54) is 25.7 Å². The van der Waals surface area contributed by atoms with Crippen molar-refractivity contribution >= 4 is 22.6 Å². The molecule has 1 saturated carbocycles. The van der Waals surface area contributed by atoms with Gasteiger partial charge in [-0.3, -0.25) is 9.69 Å². The molecule has 182 valence electrons. The van der Waals surface area contributed by atoms with Crippen molar-refractivity contribution in [1.82, 2.24) is 20.2 Å². The molecule has 2 atom stereocenters. The number of amides is 1. The van der Waals surface area contributed by atoms with Crippen molar-refractivity contribution in [3.8, 4) is 6.07 Å². The molecule has 1 amide bonds. The summed E-state index contributed by atoms with van der Waals surface area (Å²) < 4.78 is 0. The molecule has 2 aliphatic rings. The highest BCUT2D eigenvalue weighted by molar-refractivity contribution is 5.92. The van der Waals surface area contributed by atoms with Gasteiger partial charge in [0.05, 0.1) is 11.6 Å². The van der Waals surface area contributed by atoms with Crippen LogP contribution in [-0.2, 0) is 4.79 Å².